The first-order valence-corrected chi connectivity index (χ1v) is 6.41. The van der Waals surface area contributed by atoms with E-state index in [1.807, 2.05) is 25.1 Å². The Morgan fingerprint density at radius 1 is 1.26 bits per heavy atom. The summed E-state index contributed by atoms with van der Waals surface area (Å²) in [5.41, 5.74) is 12.9. The zero-order chi connectivity index (χ0) is 13.4. The molecular formula is C14H24IN3O. The minimum atomic E-state index is 0. The van der Waals surface area contributed by atoms with Crippen molar-refractivity contribution in [3.63, 3.8) is 0 Å². The molecule has 4 nitrogen and oxygen atoms in total. The summed E-state index contributed by atoms with van der Waals surface area (Å²) in [4.78, 5) is 4.02. The zero-order valence-corrected chi connectivity index (χ0v) is 14.0. The van der Waals surface area contributed by atoms with Crippen LogP contribution in [0.4, 0.5) is 0 Å². The number of hydrogen-bond donors (Lipinski definition) is 2. The lowest BCUT2D eigenvalue weighted by molar-refractivity contribution is 0.303. The molecule has 19 heavy (non-hydrogen) atoms. The van der Waals surface area contributed by atoms with Crippen LogP contribution in [0, 0.1) is 6.92 Å². The summed E-state index contributed by atoms with van der Waals surface area (Å²) in [5, 5.41) is 0. The lowest BCUT2D eigenvalue weighted by Crippen LogP contribution is -2.22. The number of hydrogen-bond acceptors (Lipinski definition) is 2. The molecule has 0 radical (unpaired) electrons. The number of nitrogens with two attached hydrogens (primary N) is 2. The molecule has 4 N–H and O–H groups in total. The molecule has 0 fully saturated rings. The number of ether oxygens (including phenoxy) is 1. The Morgan fingerprint density at radius 3 is 2.63 bits per heavy atom. The summed E-state index contributed by atoms with van der Waals surface area (Å²) in [5.74, 6) is 0.989. The van der Waals surface area contributed by atoms with Gasteiger partial charge in [0.05, 0.1) is 13.2 Å². The van der Waals surface area contributed by atoms with Gasteiger partial charge in [0, 0.05) is 5.56 Å². The molecule has 5 heteroatoms. The SMILES string of the molecule is CCCCCOc1cc(C)ccc1CN=C(N)N.I. The van der Waals surface area contributed by atoms with Gasteiger partial charge in [0.1, 0.15) is 5.75 Å². The van der Waals surface area contributed by atoms with E-state index in [2.05, 4.69) is 11.9 Å². The van der Waals surface area contributed by atoms with Crippen molar-refractivity contribution in [2.45, 2.75) is 39.7 Å². The minimum absolute atomic E-state index is 0. The average Bonchev–Trinajstić information content (AvgIpc) is 2.33. The van der Waals surface area contributed by atoms with E-state index in [-0.39, 0.29) is 29.9 Å². The standard InChI is InChI=1S/C14H23N3O.HI/c1-3-4-5-8-18-13-9-11(2)6-7-12(13)10-17-14(15)16;/h6-7,9H,3-5,8,10H2,1-2H3,(H4,15,16,17);1H. The highest BCUT2D eigenvalue weighted by molar-refractivity contribution is 14.0. The molecule has 0 aliphatic rings. The van der Waals surface area contributed by atoms with Gasteiger partial charge in [-0.3, -0.25) is 0 Å². The number of guanidine groups is 1. The number of aliphatic imine (C=N–C) groups is 1. The topological polar surface area (TPSA) is 73.6 Å². The number of rotatable bonds is 7. The molecular weight excluding hydrogens is 353 g/mol. The van der Waals surface area contributed by atoms with Crippen LogP contribution in [-0.4, -0.2) is 12.6 Å². The Labute approximate surface area is 132 Å². The van der Waals surface area contributed by atoms with Crippen LogP contribution in [0.2, 0.25) is 0 Å². The third-order valence-electron chi connectivity index (χ3n) is 2.66. The van der Waals surface area contributed by atoms with Crippen molar-refractivity contribution in [1.29, 1.82) is 0 Å². The van der Waals surface area contributed by atoms with Crippen LogP contribution < -0.4 is 16.2 Å². The normalized spacial score (nSPS) is 9.58. The summed E-state index contributed by atoms with van der Waals surface area (Å²) >= 11 is 0. The van der Waals surface area contributed by atoms with E-state index in [0.29, 0.717) is 6.54 Å². The van der Waals surface area contributed by atoms with Crippen LogP contribution in [0.15, 0.2) is 23.2 Å². The van der Waals surface area contributed by atoms with E-state index >= 15 is 0 Å². The van der Waals surface area contributed by atoms with E-state index in [9.17, 15) is 0 Å². The molecule has 0 spiro atoms. The second-order valence-corrected chi connectivity index (χ2v) is 4.41. The molecule has 0 amide bonds. The van der Waals surface area contributed by atoms with Gasteiger partial charge in [0.25, 0.3) is 0 Å². The molecule has 0 aliphatic heterocycles. The Kier molecular flexibility index (Phi) is 9.38. The van der Waals surface area contributed by atoms with E-state index in [0.717, 1.165) is 24.3 Å². The van der Waals surface area contributed by atoms with Crippen molar-refractivity contribution in [2.24, 2.45) is 16.5 Å². The van der Waals surface area contributed by atoms with Crippen molar-refractivity contribution in [3.05, 3.63) is 29.3 Å². The highest BCUT2D eigenvalue weighted by Gasteiger charge is 2.03. The molecule has 0 atom stereocenters. The molecule has 0 saturated heterocycles. The van der Waals surface area contributed by atoms with Gasteiger partial charge in [-0.1, -0.05) is 31.9 Å². The van der Waals surface area contributed by atoms with E-state index in [1.54, 1.807) is 0 Å². The molecule has 0 bridgehead atoms. The molecule has 0 aliphatic carbocycles. The second kappa shape index (κ2) is 9.89. The second-order valence-electron chi connectivity index (χ2n) is 4.41. The molecule has 0 saturated carbocycles. The summed E-state index contributed by atoms with van der Waals surface area (Å²) < 4.78 is 5.80. The van der Waals surface area contributed by atoms with Gasteiger partial charge in [0.2, 0.25) is 0 Å². The molecule has 0 heterocycles. The van der Waals surface area contributed by atoms with E-state index in [1.165, 1.54) is 18.4 Å². The van der Waals surface area contributed by atoms with Crippen molar-refractivity contribution in [2.75, 3.05) is 6.61 Å². The first-order valence-electron chi connectivity index (χ1n) is 6.41. The minimum Gasteiger partial charge on any atom is -0.493 e. The van der Waals surface area contributed by atoms with E-state index < -0.39 is 0 Å². The molecule has 1 aromatic carbocycles. The number of benzene rings is 1. The van der Waals surface area contributed by atoms with E-state index in [4.69, 9.17) is 16.2 Å². The van der Waals surface area contributed by atoms with Crippen LogP contribution in [0.5, 0.6) is 5.75 Å². The summed E-state index contributed by atoms with van der Waals surface area (Å²) in [7, 11) is 0. The molecule has 0 unspecified atom stereocenters. The third kappa shape index (κ3) is 7.25. The zero-order valence-electron chi connectivity index (χ0n) is 11.7. The summed E-state index contributed by atoms with van der Waals surface area (Å²) in [6, 6.07) is 6.08. The summed E-state index contributed by atoms with van der Waals surface area (Å²) in [6.45, 7) is 5.43. The predicted octanol–water partition coefficient (Wildman–Crippen LogP) is 2.96. The quantitative estimate of drug-likeness (QED) is 0.332. The van der Waals surface area contributed by atoms with Crippen molar-refractivity contribution in [3.8, 4) is 5.75 Å². The van der Waals surface area contributed by atoms with Crippen LogP contribution in [0.25, 0.3) is 0 Å². The Balaban J connectivity index is 0.00000324. The van der Waals surface area contributed by atoms with Crippen molar-refractivity contribution < 1.29 is 4.74 Å². The van der Waals surface area contributed by atoms with Crippen molar-refractivity contribution in [1.82, 2.24) is 0 Å². The first-order chi connectivity index (χ1) is 8.63. The van der Waals surface area contributed by atoms with Crippen LogP contribution in [0.1, 0.15) is 37.3 Å². The smallest absolute Gasteiger partial charge is 0.186 e. The summed E-state index contributed by atoms with van der Waals surface area (Å²) in [6.07, 6.45) is 3.46. The predicted molar refractivity (Wildman–Crippen MR) is 91.1 cm³/mol. The maximum Gasteiger partial charge on any atom is 0.186 e. The average molecular weight is 377 g/mol. The van der Waals surface area contributed by atoms with Crippen LogP contribution >= 0.6 is 24.0 Å². The lowest BCUT2D eigenvalue weighted by Gasteiger charge is -2.11. The molecule has 108 valence electrons. The highest BCUT2D eigenvalue weighted by Crippen LogP contribution is 2.21. The fourth-order valence-electron chi connectivity index (χ4n) is 1.64. The highest BCUT2D eigenvalue weighted by atomic mass is 127. The third-order valence-corrected chi connectivity index (χ3v) is 2.66. The lowest BCUT2D eigenvalue weighted by atomic mass is 10.1. The van der Waals surface area contributed by atoms with Gasteiger partial charge >= 0.3 is 0 Å². The fraction of sp³-hybridized carbons (Fsp3) is 0.500. The largest absolute Gasteiger partial charge is 0.493 e. The molecule has 1 rings (SSSR count). The Hall–Kier alpha value is -0.980. The maximum atomic E-state index is 5.80. The monoisotopic (exact) mass is 377 g/mol. The van der Waals surface area contributed by atoms with Gasteiger partial charge < -0.3 is 16.2 Å². The number of unbranched alkanes of at least 4 members (excludes halogenated alkanes) is 2. The first kappa shape index (κ1) is 18.0. The van der Waals surface area contributed by atoms with Gasteiger partial charge in [-0.2, -0.15) is 0 Å². The van der Waals surface area contributed by atoms with Crippen molar-refractivity contribution >= 4 is 29.9 Å². The van der Waals surface area contributed by atoms with Gasteiger partial charge in [0.15, 0.2) is 5.96 Å². The Bertz CT molecular complexity index is 404. The Morgan fingerprint density at radius 2 is 2.00 bits per heavy atom. The van der Waals surface area contributed by atoms with Gasteiger partial charge in [-0.05, 0) is 25.0 Å². The molecule has 0 aromatic heterocycles. The van der Waals surface area contributed by atoms with Crippen LogP contribution in [0.3, 0.4) is 0 Å². The maximum absolute atomic E-state index is 5.80. The fourth-order valence-corrected chi connectivity index (χ4v) is 1.64. The van der Waals surface area contributed by atoms with Crippen LogP contribution in [-0.2, 0) is 6.54 Å². The van der Waals surface area contributed by atoms with Gasteiger partial charge in [-0.25, -0.2) is 4.99 Å². The number of halogens is 1. The molecule has 1 aromatic rings. The number of aryl methyl sites for hydroxylation is 1. The van der Waals surface area contributed by atoms with Gasteiger partial charge in [-0.15, -0.1) is 24.0 Å². The number of nitrogens with zero attached hydrogens (tertiary/aromatic N) is 1.